The molecule has 6 aliphatic carbocycles. The highest BCUT2D eigenvalue weighted by atomic mass is 16.8. The van der Waals surface area contributed by atoms with Crippen molar-refractivity contribution in [2.45, 2.75) is 88.6 Å². The molecule has 7 atom stereocenters. The number of ether oxygens (including phenoxy) is 3. The maximum atomic E-state index is 6.90. The third kappa shape index (κ3) is 1.43. The minimum absolute atomic E-state index is 0.00894. The van der Waals surface area contributed by atoms with Crippen molar-refractivity contribution in [3.8, 4) is 5.75 Å². The van der Waals surface area contributed by atoms with Crippen LogP contribution in [-0.4, -0.2) is 24.1 Å². The Morgan fingerprint density at radius 2 is 1.93 bits per heavy atom. The van der Waals surface area contributed by atoms with Gasteiger partial charge in [-0.1, -0.05) is 13.0 Å². The van der Waals surface area contributed by atoms with E-state index in [0.29, 0.717) is 11.3 Å². The number of rotatable bonds is 1. The van der Waals surface area contributed by atoms with Gasteiger partial charge in [0.1, 0.15) is 17.0 Å². The predicted molar refractivity (Wildman–Crippen MR) is 106 cm³/mol. The Morgan fingerprint density at radius 3 is 2.75 bits per heavy atom. The number of hydrogen-bond donors (Lipinski definition) is 0. The van der Waals surface area contributed by atoms with E-state index in [-0.39, 0.29) is 16.6 Å². The SMILES string of the molecule is COc1ccc2c(c1)CC[C@@H]1[C@@H]2CC[C@]2(C)[C@@]34CC5C[C@@]3(C[C@@]512)OC(C)(C)O4. The van der Waals surface area contributed by atoms with Crippen molar-refractivity contribution in [2.24, 2.45) is 22.7 Å². The van der Waals surface area contributed by atoms with Crippen molar-refractivity contribution < 1.29 is 14.2 Å². The number of hydrogen-bond acceptors (Lipinski definition) is 3. The van der Waals surface area contributed by atoms with E-state index < -0.39 is 5.79 Å². The quantitative estimate of drug-likeness (QED) is 0.669. The lowest BCUT2D eigenvalue weighted by atomic mass is 9.46. The summed E-state index contributed by atoms with van der Waals surface area (Å²) in [6.07, 6.45) is 8.85. The third-order valence-electron chi connectivity index (χ3n) is 10.5. The average molecular weight is 381 g/mol. The summed E-state index contributed by atoms with van der Waals surface area (Å²) in [5, 5.41) is 0. The van der Waals surface area contributed by atoms with Gasteiger partial charge in [0.25, 0.3) is 0 Å². The van der Waals surface area contributed by atoms with Gasteiger partial charge < -0.3 is 14.2 Å². The summed E-state index contributed by atoms with van der Waals surface area (Å²) in [4.78, 5) is 0. The van der Waals surface area contributed by atoms with Crippen molar-refractivity contribution in [1.29, 1.82) is 0 Å². The molecule has 1 heterocycles. The van der Waals surface area contributed by atoms with Gasteiger partial charge in [0.05, 0.1) is 7.11 Å². The fourth-order valence-corrected chi connectivity index (χ4v) is 10.1. The molecule has 6 fully saturated rings. The van der Waals surface area contributed by atoms with E-state index in [1.807, 2.05) is 0 Å². The summed E-state index contributed by atoms with van der Waals surface area (Å²) in [5.74, 6) is 2.88. The lowest BCUT2D eigenvalue weighted by Crippen LogP contribution is -2.57. The van der Waals surface area contributed by atoms with E-state index in [4.69, 9.17) is 14.2 Å². The molecule has 3 heteroatoms. The van der Waals surface area contributed by atoms with Crippen LogP contribution in [0.15, 0.2) is 18.2 Å². The van der Waals surface area contributed by atoms with Crippen LogP contribution in [0.25, 0.3) is 0 Å². The molecule has 1 aliphatic heterocycles. The molecule has 1 unspecified atom stereocenters. The molecule has 8 rings (SSSR count). The Morgan fingerprint density at radius 1 is 1.07 bits per heavy atom. The second-order valence-corrected chi connectivity index (χ2v) is 11.4. The van der Waals surface area contributed by atoms with Crippen LogP contribution in [-0.2, 0) is 15.9 Å². The Balaban J connectivity index is 1.36. The molecule has 28 heavy (non-hydrogen) atoms. The molecule has 1 aromatic rings. The number of aryl methyl sites for hydroxylation is 1. The molecule has 5 saturated carbocycles. The van der Waals surface area contributed by atoms with Crippen LogP contribution in [0.5, 0.6) is 5.75 Å². The van der Waals surface area contributed by atoms with Gasteiger partial charge in [-0.25, -0.2) is 0 Å². The topological polar surface area (TPSA) is 27.7 Å². The second kappa shape index (κ2) is 4.49. The molecule has 3 nitrogen and oxygen atoms in total. The summed E-state index contributed by atoms with van der Waals surface area (Å²) in [5.41, 5.74) is 3.81. The summed E-state index contributed by atoms with van der Waals surface area (Å²) in [6.45, 7) is 6.88. The first-order valence-electron chi connectivity index (χ1n) is 11.4. The molecular formula is C25H32O3. The molecule has 0 aromatic heterocycles. The molecular weight excluding hydrogens is 348 g/mol. The first-order chi connectivity index (χ1) is 13.3. The molecule has 3 spiro atoms. The monoisotopic (exact) mass is 380 g/mol. The van der Waals surface area contributed by atoms with Crippen molar-refractivity contribution in [1.82, 2.24) is 0 Å². The van der Waals surface area contributed by atoms with Crippen LogP contribution in [0.2, 0.25) is 0 Å². The normalized spacial score (nSPS) is 53.6. The Hall–Kier alpha value is -1.06. The van der Waals surface area contributed by atoms with Crippen molar-refractivity contribution >= 4 is 0 Å². The van der Waals surface area contributed by atoms with Gasteiger partial charge >= 0.3 is 0 Å². The first-order valence-corrected chi connectivity index (χ1v) is 11.4. The molecule has 1 saturated heterocycles. The standard InChI is InChI=1S/C25H32O3/c1-21(2)27-23-12-16-13-25(23,28-21)22(3)10-9-19-18-7-6-17(26-4)11-15(18)5-8-20(19)24(16,22)14-23/h6-7,11,16,19-20H,5,8-10,12-14H2,1-4H3/t16?,19-,20-,22+,23+,24-,25+/m1/s1. The van der Waals surface area contributed by atoms with Crippen molar-refractivity contribution in [3.05, 3.63) is 29.3 Å². The number of benzene rings is 1. The van der Waals surface area contributed by atoms with Gasteiger partial charge in [0.15, 0.2) is 5.79 Å². The van der Waals surface area contributed by atoms with E-state index in [0.717, 1.165) is 17.6 Å². The summed E-state index contributed by atoms with van der Waals surface area (Å²) >= 11 is 0. The fraction of sp³-hybridized carbons (Fsp3) is 0.760. The lowest BCUT2D eigenvalue weighted by molar-refractivity contribution is -0.208. The summed E-state index contributed by atoms with van der Waals surface area (Å²) < 4.78 is 19.2. The van der Waals surface area contributed by atoms with Crippen LogP contribution < -0.4 is 4.74 Å². The molecule has 0 radical (unpaired) electrons. The van der Waals surface area contributed by atoms with Gasteiger partial charge in [0.2, 0.25) is 0 Å². The Labute approximate surface area is 168 Å². The minimum Gasteiger partial charge on any atom is -0.497 e. The van der Waals surface area contributed by atoms with Crippen LogP contribution >= 0.6 is 0 Å². The van der Waals surface area contributed by atoms with Crippen LogP contribution in [0.3, 0.4) is 0 Å². The predicted octanol–water partition coefficient (Wildman–Crippen LogP) is 5.22. The molecule has 0 amide bonds. The third-order valence-corrected chi connectivity index (χ3v) is 10.5. The van der Waals surface area contributed by atoms with Gasteiger partial charge in [-0.2, -0.15) is 0 Å². The molecule has 150 valence electrons. The van der Waals surface area contributed by atoms with E-state index in [1.54, 1.807) is 12.7 Å². The van der Waals surface area contributed by atoms with Gasteiger partial charge in [-0.05, 0) is 105 Å². The fourth-order valence-electron chi connectivity index (χ4n) is 10.1. The van der Waals surface area contributed by atoms with E-state index >= 15 is 0 Å². The van der Waals surface area contributed by atoms with Gasteiger partial charge in [0, 0.05) is 5.41 Å². The molecule has 1 aromatic carbocycles. The highest BCUT2D eigenvalue weighted by molar-refractivity contribution is 5.46. The van der Waals surface area contributed by atoms with Crippen molar-refractivity contribution in [3.63, 3.8) is 0 Å². The molecule has 7 aliphatic rings. The van der Waals surface area contributed by atoms with Crippen LogP contribution in [0.4, 0.5) is 0 Å². The zero-order valence-electron chi connectivity index (χ0n) is 17.6. The number of methoxy groups -OCH3 is 1. The Kier molecular flexibility index (Phi) is 2.68. The Bertz CT molecular complexity index is 907. The zero-order valence-corrected chi connectivity index (χ0v) is 17.6. The highest BCUT2D eigenvalue weighted by Crippen LogP contribution is 2.90. The maximum Gasteiger partial charge on any atom is 0.164 e. The van der Waals surface area contributed by atoms with Crippen molar-refractivity contribution in [2.75, 3.05) is 7.11 Å². The molecule has 0 N–H and O–H groups in total. The zero-order chi connectivity index (χ0) is 19.2. The maximum absolute atomic E-state index is 6.90. The summed E-state index contributed by atoms with van der Waals surface area (Å²) in [6, 6.07) is 6.85. The van der Waals surface area contributed by atoms with E-state index in [2.05, 4.69) is 39.0 Å². The van der Waals surface area contributed by atoms with Gasteiger partial charge in [-0.15, -0.1) is 0 Å². The first kappa shape index (κ1) is 16.7. The largest absolute Gasteiger partial charge is 0.497 e. The lowest BCUT2D eigenvalue weighted by Gasteiger charge is -2.59. The minimum atomic E-state index is -0.420. The van der Waals surface area contributed by atoms with E-state index in [9.17, 15) is 0 Å². The van der Waals surface area contributed by atoms with Crippen LogP contribution in [0, 0.1) is 22.7 Å². The number of fused-ring (bicyclic) bond motifs is 3. The van der Waals surface area contributed by atoms with Crippen LogP contribution in [0.1, 0.15) is 76.3 Å². The average Bonchev–Trinajstić information content (AvgIpc) is 3.30. The highest BCUT2D eigenvalue weighted by Gasteiger charge is 2.93. The second-order valence-electron chi connectivity index (χ2n) is 11.4. The van der Waals surface area contributed by atoms with Gasteiger partial charge in [-0.3, -0.25) is 0 Å². The molecule has 4 bridgehead atoms. The summed E-state index contributed by atoms with van der Waals surface area (Å²) in [7, 11) is 1.78. The smallest absolute Gasteiger partial charge is 0.164 e. The van der Waals surface area contributed by atoms with E-state index in [1.165, 1.54) is 50.5 Å².